The number of benzene rings is 1. The minimum Gasteiger partial charge on any atom is -0.472 e. The van der Waals surface area contributed by atoms with Crippen LogP contribution in [0.3, 0.4) is 0 Å². The highest BCUT2D eigenvalue weighted by Gasteiger charge is 2.28. The fraction of sp³-hybridized carbons (Fsp3) is 0.500. The van der Waals surface area contributed by atoms with E-state index in [0.29, 0.717) is 48.9 Å². The summed E-state index contributed by atoms with van der Waals surface area (Å²) in [6.45, 7) is 7.01. The van der Waals surface area contributed by atoms with E-state index in [1.165, 1.54) is 6.07 Å². The lowest BCUT2D eigenvalue weighted by Crippen LogP contribution is -2.44. The van der Waals surface area contributed by atoms with Crippen LogP contribution in [-0.4, -0.2) is 45.6 Å². The van der Waals surface area contributed by atoms with Crippen molar-refractivity contribution in [3.8, 4) is 5.88 Å². The molecular formula is C20H24ClFIN3O3. The van der Waals surface area contributed by atoms with Crippen LogP contribution >= 0.6 is 34.2 Å². The lowest BCUT2D eigenvalue weighted by molar-refractivity contribution is 0.0122. The van der Waals surface area contributed by atoms with Crippen LogP contribution in [0.15, 0.2) is 24.4 Å². The second-order valence-electron chi connectivity index (χ2n) is 8.00. The maximum absolute atomic E-state index is 14.0. The molecule has 0 radical (unpaired) electrons. The van der Waals surface area contributed by atoms with Gasteiger partial charge in [-0.25, -0.2) is 9.18 Å². The summed E-state index contributed by atoms with van der Waals surface area (Å²) in [4.78, 5) is 13.9. The number of likely N-dealkylation sites (tertiary alicyclic amines) is 1. The van der Waals surface area contributed by atoms with Crippen LogP contribution < -0.4 is 4.74 Å². The molecule has 29 heavy (non-hydrogen) atoms. The number of carbonyl (C=O) groups is 1. The first-order valence-corrected chi connectivity index (χ1v) is 10.9. The Hall–Kier alpha value is -1.55. The van der Waals surface area contributed by atoms with Crippen LogP contribution in [0, 0.1) is 9.39 Å². The fourth-order valence-electron chi connectivity index (χ4n) is 3.01. The molecule has 1 fully saturated rings. The summed E-state index contributed by atoms with van der Waals surface area (Å²) < 4.78 is 28.0. The van der Waals surface area contributed by atoms with Gasteiger partial charge >= 0.3 is 6.09 Å². The van der Waals surface area contributed by atoms with Gasteiger partial charge in [0.05, 0.1) is 10.1 Å². The van der Waals surface area contributed by atoms with Gasteiger partial charge in [-0.1, -0.05) is 17.7 Å². The van der Waals surface area contributed by atoms with E-state index in [2.05, 4.69) is 27.7 Å². The van der Waals surface area contributed by atoms with E-state index < -0.39 is 5.60 Å². The van der Waals surface area contributed by atoms with Gasteiger partial charge in [0, 0.05) is 42.7 Å². The van der Waals surface area contributed by atoms with E-state index in [9.17, 15) is 9.18 Å². The Balaban J connectivity index is 1.56. The SMILES string of the molecule is CC(C)(C)OC(=O)N1CCC(Oc2nn(Cc3ccc(Cl)cc3F)cc2I)CC1. The molecular weight excluding hydrogens is 512 g/mol. The van der Waals surface area contributed by atoms with E-state index in [1.54, 1.807) is 21.7 Å². The smallest absolute Gasteiger partial charge is 0.410 e. The van der Waals surface area contributed by atoms with E-state index in [4.69, 9.17) is 21.1 Å². The average Bonchev–Trinajstić information content (AvgIpc) is 2.96. The molecule has 1 amide bonds. The van der Waals surface area contributed by atoms with E-state index in [1.807, 2.05) is 27.0 Å². The molecule has 9 heteroatoms. The van der Waals surface area contributed by atoms with Crippen LogP contribution in [0.2, 0.25) is 5.02 Å². The van der Waals surface area contributed by atoms with Crippen molar-refractivity contribution in [2.75, 3.05) is 13.1 Å². The summed E-state index contributed by atoms with van der Waals surface area (Å²) >= 11 is 7.96. The molecule has 1 saturated heterocycles. The van der Waals surface area contributed by atoms with E-state index >= 15 is 0 Å². The largest absolute Gasteiger partial charge is 0.472 e. The van der Waals surface area contributed by atoms with Crippen molar-refractivity contribution in [3.05, 3.63) is 44.4 Å². The van der Waals surface area contributed by atoms with Crippen LogP contribution in [-0.2, 0) is 11.3 Å². The number of piperidine rings is 1. The molecule has 2 aromatic rings. The molecule has 6 nitrogen and oxygen atoms in total. The monoisotopic (exact) mass is 535 g/mol. The second kappa shape index (κ2) is 9.07. The van der Waals surface area contributed by atoms with Crippen molar-refractivity contribution < 1.29 is 18.7 Å². The van der Waals surface area contributed by atoms with Gasteiger partial charge in [0.1, 0.15) is 17.5 Å². The highest BCUT2D eigenvalue weighted by Crippen LogP contribution is 2.25. The Morgan fingerprint density at radius 3 is 2.66 bits per heavy atom. The molecule has 158 valence electrons. The van der Waals surface area contributed by atoms with Crippen LogP contribution in [0.25, 0.3) is 0 Å². The lowest BCUT2D eigenvalue weighted by Gasteiger charge is -2.33. The third-order valence-electron chi connectivity index (χ3n) is 4.41. The minimum absolute atomic E-state index is 0.0298. The fourth-order valence-corrected chi connectivity index (χ4v) is 3.72. The Morgan fingerprint density at radius 2 is 2.03 bits per heavy atom. The molecule has 0 N–H and O–H groups in total. The number of aromatic nitrogens is 2. The Labute approximate surface area is 188 Å². The zero-order valence-corrected chi connectivity index (χ0v) is 19.5. The topological polar surface area (TPSA) is 56.6 Å². The van der Waals surface area contributed by atoms with Crippen molar-refractivity contribution >= 4 is 40.3 Å². The molecule has 1 aromatic heterocycles. The second-order valence-corrected chi connectivity index (χ2v) is 9.60. The normalized spacial score (nSPS) is 15.4. The molecule has 0 saturated carbocycles. The molecule has 0 atom stereocenters. The molecule has 1 aliphatic rings. The highest BCUT2D eigenvalue weighted by atomic mass is 127. The van der Waals surface area contributed by atoms with Gasteiger partial charge in [-0.05, 0) is 55.5 Å². The Kier molecular flexibility index (Phi) is 6.93. The maximum atomic E-state index is 14.0. The predicted molar refractivity (Wildman–Crippen MR) is 117 cm³/mol. The zero-order valence-electron chi connectivity index (χ0n) is 16.6. The maximum Gasteiger partial charge on any atom is 0.410 e. The summed E-state index contributed by atoms with van der Waals surface area (Å²) in [6.07, 6.45) is 2.90. The highest BCUT2D eigenvalue weighted by molar-refractivity contribution is 14.1. The van der Waals surface area contributed by atoms with Gasteiger partial charge in [0.25, 0.3) is 0 Å². The van der Waals surface area contributed by atoms with Gasteiger partial charge in [-0.2, -0.15) is 0 Å². The minimum atomic E-state index is -0.503. The van der Waals surface area contributed by atoms with Crippen molar-refractivity contribution in [1.82, 2.24) is 14.7 Å². The number of nitrogens with zero attached hydrogens (tertiary/aromatic N) is 3. The van der Waals surface area contributed by atoms with Gasteiger partial charge in [0.15, 0.2) is 0 Å². The first-order valence-electron chi connectivity index (χ1n) is 9.42. The van der Waals surface area contributed by atoms with Crippen molar-refractivity contribution in [3.63, 3.8) is 0 Å². The molecule has 2 heterocycles. The van der Waals surface area contributed by atoms with Crippen LogP contribution in [0.1, 0.15) is 39.2 Å². The molecule has 1 aliphatic heterocycles. The summed E-state index contributed by atoms with van der Waals surface area (Å²) in [7, 11) is 0. The Bertz CT molecular complexity index is 876. The third-order valence-corrected chi connectivity index (χ3v) is 5.38. The number of carbonyl (C=O) groups excluding carboxylic acids is 1. The first-order chi connectivity index (χ1) is 13.6. The van der Waals surface area contributed by atoms with Gasteiger partial charge in [-0.3, -0.25) is 4.68 Å². The molecule has 3 rings (SSSR count). The number of amides is 1. The molecule has 0 spiro atoms. The zero-order chi connectivity index (χ0) is 21.2. The average molecular weight is 536 g/mol. The lowest BCUT2D eigenvalue weighted by atomic mass is 10.1. The van der Waals surface area contributed by atoms with E-state index in [-0.39, 0.29) is 18.0 Å². The van der Waals surface area contributed by atoms with Crippen LogP contribution in [0.4, 0.5) is 9.18 Å². The summed E-state index contributed by atoms with van der Waals surface area (Å²) in [6, 6.07) is 4.60. The van der Waals surface area contributed by atoms with E-state index in [0.717, 1.165) is 3.57 Å². The number of rotatable bonds is 4. The molecule has 0 aliphatic carbocycles. The first kappa shape index (κ1) is 22.1. The van der Waals surface area contributed by atoms with Crippen LogP contribution in [0.5, 0.6) is 5.88 Å². The van der Waals surface area contributed by atoms with Gasteiger partial charge in [-0.15, -0.1) is 5.10 Å². The third kappa shape index (κ3) is 6.21. The molecule has 1 aromatic carbocycles. The van der Waals surface area contributed by atoms with Crippen molar-refractivity contribution in [1.29, 1.82) is 0 Å². The Morgan fingerprint density at radius 1 is 1.34 bits per heavy atom. The summed E-state index contributed by atoms with van der Waals surface area (Å²) in [5.74, 6) is 0.163. The number of ether oxygens (including phenoxy) is 2. The molecule has 0 bridgehead atoms. The summed E-state index contributed by atoms with van der Waals surface area (Å²) in [5, 5.41) is 4.81. The standard InChI is InChI=1S/C20H24ClFIN3O3/c1-20(2,3)29-19(27)25-8-6-15(7-9-25)28-18-17(23)12-26(24-18)11-13-4-5-14(21)10-16(13)22/h4-5,10,12,15H,6-9,11H2,1-3H3. The number of hydrogen-bond acceptors (Lipinski definition) is 4. The predicted octanol–water partition coefficient (Wildman–Crippen LogP) is 5.11. The van der Waals surface area contributed by atoms with Gasteiger partial charge < -0.3 is 14.4 Å². The van der Waals surface area contributed by atoms with Crippen molar-refractivity contribution in [2.45, 2.75) is 51.9 Å². The quantitative estimate of drug-likeness (QED) is 0.511. The van der Waals surface area contributed by atoms with Gasteiger partial charge in [0.2, 0.25) is 5.88 Å². The number of halogens is 3. The summed E-state index contributed by atoms with van der Waals surface area (Å²) in [5.41, 5.74) is 0.00207. The van der Waals surface area contributed by atoms with Crippen molar-refractivity contribution in [2.24, 2.45) is 0 Å². The number of hydrogen-bond donors (Lipinski definition) is 0. The molecule has 0 unspecified atom stereocenters.